The quantitative estimate of drug-likeness (QED) is 0.817. The van der Waals surface area contributed by atoms with Crippen molar-refractivity contribution in [2.24, 2.45) is 0 Å². The van der Waals surface area contributed by atoms with Crippen molar-refractivity contribution >= 4 is 12.2 Å². The van der Waals surface area contributed by atoms with Gasteiger partial charge in [0.25, 0.3) is 0 Å². The van der Waals surface area contributed by atoms with Crippen molar-refractivity contribution in [3.8, 4) is 17.2 Å². The van der Waals surface area contributed by atoms with Gasteiger partial charge < -0.3 is 14.6 Å². The number of phenolic OH excluding ortho intramolecular Hbond substituents is 1. The van der Waals surface area contributed by atoms with E-state index in [1.54, 1.807) is 38.5 Å². The van der Waals surface area contributed by atoms with E-state index >= 15 is 0 Å². The van der Waals surface area contributed by atoms with Crippen LogP contribution < -0.4 is 9.47 Å². The molecule has 3 nitrogen and oxygen atoms in total. The molecule has 0 aromatic heterocycles. The smallest absolute Gasteiger partial charge is 0.123 e. The van der Waals surface area contributed by atoms with Crippen LogP contribution >= 0.6 is 0 Å². The normalized spacial score (nSPS) is 10.9. The van der Waals surface area contributed by atoms with Gasteiger partial charge in [-0.15, -0.1) is 0 Å². The number of methoxy groups -OCH3 is 2. The number of ether oxygens (including phenoxy) is 2. The molecule has 0 saturated heterocycles. The van der Waals surface area contributed by atoms with Crippen molar-refractivity contribution in [3.63, 3.8) is 0 Å². The third kappa shape index (κ3) is 4.01. The Kier molecular flexibility index (Phi) is 5.42. The number of benzene rings is 2. The first kappa shape index (κ1) is 15.9. The van der Waals surface area contributed by atoms with Gasteiger partial charge in [-0.3, -0.25) is 4.39 Å². The molecular weight excluding hydrogens is 283 g/mol. The summed E-state index contributed by atoms with van der Waals surface area (Å²) < 4.78 is 22.9. The Bertz CT molecular complexity index is 643. The average Bonchev–Trinajstić information content (AvgIpc) is 2.55. The molecule has 22 heavy (non-hydrogen) atoms. The van der Waals surface area contributed by atoms with Crippen molar-refractivity contribution in [2.75, 3.05) is 20.9 Å². The summed E-state index contributed by atoms with van der Waals surface area (Å²) in [6.07, 6.45) is 4.02. The zero-order chi connectivity index (χ0) is 15.9. The fraction of sp³-hybridized carbons (Fsp3) is 0.222. The standard InChI is InChI=1S/C18H19FO3/c1-21-16-10-14(11-17(12-16)22-2)4-3-13-5-6-18(20)15(9-13)7-8-19/h3-6,9-12,20H,7-8H2,1-2H3/b4-3+. The van der Waals surface area contributed by atoms with E-state index in [0.29, 0.717) is 17.1 Å². The molecule has 0 fully saturated rings. The Labute approximate surface area is 129 Å². The number of aromatic hydroxyl groups is 1. The van der Waals surface area contributed by atoms with Crippen LogP contribution in [-0.4, -0.2) is 26.0 Å². The molecule has 116 valence electrons. The van der Waals surface area contributed by atoms with Crippen LogP contribution in [0.3, 0.4) is 0 Å². The SMILES string of the molecule is COc1cc(/C=C/c2ccc(O)c(CCF)c2)cc(OC)c1. The number of hydrogen-bond donors (Lipinski definition) is 1. The minimum atomic E-state index is -0.492. The lowest BCUT2D eigenvalue weighted by Gasteiger charge is -2.06. The highest BCUT2D eigenvalue weighted by Crippen LogP contribution is 2.25. The van der Waals surface area contributed by atoms with Crippen molar-refractivity contribution in [2.45, 2.75) is 6.42 Å². The van der Waals surface area contributed by atoms with E-state index in [1.165, 1.54) is 0 Å². The molecule has 0 bridgehead atoms. The third-order valence-electron chi connectivity index (χ3n) is 3.31. The molecule has 0 saturated carbocycles. The van der Waals surface area contributed by atoms with Gasteiger partial charge in [-0.05, 0) is 41.0 Å². The molecule has 0 unspecified atom stereocenters. The number of alkyl halides is 1. The highest BCUT2D eigenvalue weighted by atomic mass is 19.1. The summed E-state index contributed by atoms with van der Waals surface area (Å²) >= 11 is 0. The number of aryl methyl sites for hydroxylation is 1. The molecule has 0 aliphatic heterocycles. The Balaban J connectivity index is 2.26. The second-order valence-corrected chi connectivity index (χ2v) is 4.81. The number of halogens is 1. The van der Waals surface area contributed by atoms with E-state index in [9.17, 15) is 9.50 Å². The van der Waals surface area contributed by atoms with Gasteiger partial charge in [0.1, 0.15) is 17.2 Å². The Morgan fingerprint density at radius 3 is 2.18 bits per heavy atom. The lowest BCUT2D eigenvalue weighted by Crippen LogP contribution is -1.89. The van der Waals surface area contributed by atoms with Crippen LogP contribution in [0.15, 0.2) is 36.4 Å². The summed E-state index contributed by atoms with van der Waals surface area (Å²) in [5.41, 5.74) is 2.42. The maximum Gasteiger partial charge on any atom is 0.123 e. The van der Waals surface area contributed by atoms with Gasteiger partial charge in [-0.2, -0.15) is 0 Å². The monoisotopic (exact) mass is 302 g/mol. The van der Waals surface area contributed by atoms with Crippen molar-refractivity contribution in [1.29, 1.82) is 0 Å². The molecule has 4 heteroatoms. The molecule has 0 radical (unpaired) electrons. The summed E-state index contributed by atoms with van der Waals surface area (Å²) in [6, 6.07) is 10.7. The van der Waals surface area contributed by atoms with Gasteiger partial charge in [-0.1, -0.05) is 18.2 Å². The number of rotatable bonds is 6. The van der Waals surface area contributed by atoms with Crippen LogP contribution in [0.2, 0.25) is 0 Å². The lowest BCUT2D eigenvalue weighted by atomic mass is 10.1. The number of hydrogen-bond acceptors (Lipinski definition) is 3. The summed E-state index contributed by atoms with van der Waals surface area (Å²) in [4.78, 5) is 0. The van der Waals surface area contributed by atoms with Crippen LogP contribution in [0.4, 0.5) is 4.39 Å². The molecule has 2 aromatic rings. The van der Waals surface area contributed by atoms with E-state index in [4.69, 9.17) is 9.47 Å². The highest BCUT2D eigenvalue weighted by molar-refractivity contribution is 5.71. The molecule has 0 aliphatic carbocycles. The molecule has 0 heterocycles. The van der Waals surface area contributed by atoms with E-state index in [0.717, 1.165) is 11.1 Å². The maximum absolute atomic E-state index is 12.5. The van der Waals surface area contributed by atoms with Gasteiger partial charge in [0, 0.05) is 12.5 Å². The summed E-state index contributed by atoms with van der Waals surface area (Å²) in [5.74, 6) is 1.54. The zero-order valence-electron chi connectivity index (χ0n) is 12.7. The van der Waals surface area contributed by atoms with Crippen LogP contribution in [0.1, 0.15) is 16.7 Å². The molecule has 1 N–H and O–H groups in total. The molecule has 0 atom stereocenters. The fourth-order valence-corrected chi connectivity index (χ4v) is 2.13. The van der Waals surface area contributed by atoms with Crippen LogP contribution in [0, 0.1) is 0 Å². The van der Waals surface area contributed by atoms with Crippen molar-refractivity contribution in [3.05, 3.63) is 53.1 Å². The summed E-state index contributed by atoms with van der Waals surface area (Å²) in [6.45, 7) is -0.492. The molecule has 0 amide bonds. The zero-order valence-corrected chi connectivity index (χ0v) is 12.7. The number of phenols is 1. The van der Waals surface area contributed by atoms with E-state index in [-0.39, 0.29) is 12.2 Å². The van der Waals surface area contributed by atoms with Crippen molar-refractivity contribution < 1.29 is 19.0 Å². The second-order valence-electron chi connectivity index (χ2n) is 4.81. The van der Waals surface area contributed by atoms with E-state index < -0.39 is 6.67 Å². The molecule has 0 aliphatic rings. The van der Waals surface area contributed by atoms with Crippen LogP contribution in [-0.2, 0) is 6.42 Å². The van der Waals surface area contributed by atoms with Crippen LogP contribution in [0.5, 0.6) is 17.2 Å². The lowest BCUT2D eigenvalue weighted by molar-refractivity contribution is 0.394. The predicted molar refractivity (Wildman–Crippen MR) is 86.3 cm³/mol. The van der Waals surface area contributed by atoms with E-state index in [1.807, 2.05) is 24.3 Å². The Morgan fingerprint density at radius 1 is 0.955 bits per heavy atom. The maximum atomic E-state index is 12.5. The molecule has 2 rings (SSSR count). The highest BCUT2D eigenvalue weighted by Gasteiger charge is 2.02. The third-order valence-corrected chi connectivity index (χ3v) is 3.31. The minimum Gasteiger partial charge on any atom is -0.508 e. The topological polar surface area (TPSA) is 38.7 Å². The molecule has 0 spiro atoms. The molecule has 2 aromatic carbocycles. The summed E-state index contributed by atoms with van der Waals surface area (Å²) in [5, 5.41) is 9.66. The van der Waals surface area contributed by atoms with Gasteiger partial charge in [0.15, 0.2) is 0 Å². The second kappa shape index (κ2) is 7.50. The first-order valence-electron chi connectivity index (χ1n) is 6.95. The first-order valence-corrected chi connectivity index (χ1v) is 6.95. The van der Waals surface area contributed by atoms with Gasteiger partial charge in [-0.25, -0.2) is 0 Å². The Hall–Kier alpha value is -2.49. The van der Waals surface area contributed by atoms with Gasteiger partial charge >= 0.3 is 0 Å². The molecular formula is C18H19FO3. The fourth-order valence-electron chi connectivity index (χ4n) is 2.13. The Morgan fingerprint density at radius 2 is 1.59 bits per heavy atom. The van der Waals surface area contributed by atoms with Gasteiger partial charge in [0.2, 0.25) is 0 Å². The minimum absolute atomic E-state index is 0.123. The van der Waals surface area contributed by atoms with E-state index in [2.05, 4.69) is 0 Å². The largest absolute Gasteiger partial charge is 0.508 e. The van der Waals surface area contributed by atoms with Crippen LogP contribution in [0.25, 0.3) is 12.2 Å². The van der Waals surface area contributed by atoms with Gasteiger partial charge in [0.05, 0.1) is 20.9 Å². The van der Waals surface area contributed by atoms with Crippen molar-refractivity contribution in [1.82, 2.24) is 0 Å². The summed E-state index contributed by atoms with van der Waals surface area (Å²) in [7, 11) is 3.21. The predicted octanol–water partition coefficient (Wildman–Crippen LogP) is 4.09. The average molecular weight is 302 g/mol. The first-order chi connectivity index (χ1) is 10.7.